The number of thioether (sulfide) groups is 1. The molecule has 7 heteroatoms. The number of primary amides is 1. The van der Waals surface area contributed by atoms with Gasteiger partial charge >= 0.3 is 6.03 Å². The first-order chi connectivity index (χ1) is 12.6. The Balaban J connectivity index is 2.08. The number of aromatic nitrogens is 1. The second-order valence-corrected chi connectivity index (χ2v) is 6.36. The van der Waals surface area contributed by atoms with Crippen LogP contribution in [0, 0.1) is 11.8 Å². The van der Waals surface area contributed by atoms with Gasteiger partial charge in [-0.1, -0.05) is 18.1 Å². The molecule has 1 heterocycles. The third kappa shape index (κ3) is 6.49. The molecule has 2 aromatic rings. The van der Waals surface area contributed by atoms with Gasteiger partial charge in [0.2, 0.25) is 5.91 Å². The maximum atomic E-state index is 12.4. The van der Waals surface area contributed by atoms with Crippen molar-refractivity contribution in [2.45, 2.75) is 12.5 Å². The van der Waals surface area contributed by atoms with Crippen LogP contribution >= 0.6 is 11.8 Å². The summed E-state index contributed by atoms with van der Waals surface area (Å²) in [6.07, 6.45) is 4.11. The van der Waals surface area contributed by atoms with Gasteiger partial charge in [-0.15, -0.1) is 0 Å². The molecule has 2 rings (SSSR count). The van der Waals surface area contributed by atoms with Crippen LogP contribution in [0.15, 0.2) is 48.7 Å². The average molecular weight is 368 g/mol. The van der Waals surface area contributed by atoms with Crippen LogP contribution in [0.1, 0.15) is 17.7 Å². The van der Waals surface area contributed by atoms with Gasteiger partial charge < -0.3 is 16.4 Å². The molecule has 0 aliphatic rings. The number of rotatable bonds is 6. The molecule has 0 bridgehead atoms. The summed E-state index contributed by atoms with van der Waals surface area (Å²) in [5.74, 6) is 6.40. The van der Waals surface area contributed by atoms with Crippen molar-refractivity contribution in [2.24, 2.45) is 5.73 Å². The number of nitrogens with two attached hydrogens (primary N) is 1. The van der Waals surface area contributed by atoms with Crippen LogP contribution < -0.4 is 16.4 Å². The summed E-state index contributed by atoms with van der Waals surface area (Å²) < 4.78 is 0. The quantitative estimate of drug-likeness (QED) is 0.681. The van der Waals surface area contributed by atoms with Crippen molar-refractivity contribution in [3.05, 3.63) is 59.9 Å². The number of urea groups is 1. The van der Waals surface area contributed by atoms with E-state index in [4.69, 9.17) is 5.73 Å². The van der Waals surface area contributed by atoms with Gasteiger partial charge in [0, 0.05) is 17.4 Å². The number of benzene rings is 1. The Morgan fingerprint density at radius 1 is 1.23 bits per heavy atom. The van der Waals surface area contributed by atoms with Gasteiger partial charge in [-0.25, -0.2) is 9.78 Å². The Labute approximate surface area is 157 Å². The smallest absolute Gasteiger partial charge is 0.312 e. The lowest BCUT2D eigenvalue weighted by molar-refractivity contribution is -0.117. The number of anilines is 1. The summed E-state index contributed by atoms with van der Waals surface area (Å²) in [5, 5.41) is 5.27. The standard InChI is InChI=1S/C19H20N4O2S/c1-26-12-10-17(23-19(20)25)18(24)22-16-7-4-5-14(13-16)8-9-15-6-2-3-11-21-15/h2-7,11,13,17H,10,12H2,1H3,(H,22,24)(H3,20,23,25). The maximum Gasteiger partial charge on any atom is 0.312 e. The zero-order chi connectivity index (χ0) is 18.8. The second-order valence-electron chi connectivity index (χ2n) is 5.38. The highest BCUT2D eigenvalue weighted by molar-refractivity contribution is 7.98. The Morgan fingerprint density at radius 2 is 2.08 bits per heavy atom. The predicted molar refractivity (Wildman–Crippen MR) is 105 cm³/mol. The first kappa shape index (κ1) is 19.3. The fourth-order valence-corrected chi connectivity index (χ4v) is 2.62. The molecular weight excluding hydrogens is 348 g/mol. The molecule has 4 N–H and O–H groups in total. The van der Waals surface area contributed by atoms with Crippen molar-refractivity contribution in [1.82, 2.24) is 10.3 Å². The van der Waals surface area contributed by atoms with Crippen molar-refractivity contribution in [3.8, 4) is 11.8 Å². The lowest BCUT2D eigenvalue weighted by Gasteiger charge is -2.17. The van der Waals surface area contributed by atoms with Crippen molar-refractivity contribution < 1.29 is 9.59 Å². The summed E-state index contributed by atoms with van der Waals surface area (Å²) in [5.41, 5.74) is 7.17. The number of amides is 3. The van der Waals surface area contributed by atoms with Crippen LogP contribution in [-0.2, 0) is 4.79 Å². The Morgan fingerprint density at radius 3 is 2.77 bits per heavy atom. The fraction of sp³-hybridized carbons (Fsp3) is 0.211. The Kier molecular flexibility index (Phi) is 7.52. The molecule has 0 aliphatic carbocycles. The minimum absolute atomic E-state index is 0.312. The molecule has 1 unspecified atom stereocenters. The van der Waals surface area contributed by atoms with Crippen LogP contribution in [0.2, 0.25) is 0 Å². The highest BCUT2D eigenvalue weighted by Gasteiger charge is 2.19. The third-order valence-corrected chi connectivity index (χ3v) is 4.02. The summed E-state index contributed by atoms with van der Waals surface area (Å²) in [6.45, 7) is 0. The molecule has 134 valence electrons. The molecule has 3 amide bonds. The minimum atomic E-state index is -0.721. The summed E-state index contributed by atoms with van der Waals surface area (Å²) in [7, 11) is 0. The zero-order valence-electron chi connectivity index (χ0n) is 14.4. The zero-order valence-corrected chi connectivity index (χ0v) is 15.2. The maximum absolute atomic E-state index is 12.4. The molecule has 1 aromatic carbocycles. The number of nitrogens with zero attached hydrogens (tertiary/aromatic N) is 1. The van der Waals surface area contributed by atoms with Gasteiger partial charge in [0.25, 0.3) is 0 Å². The van der Waals surface area contributed by atoms with Crippen LogP contribution in [0.5, 0.6) is 0 Å². The van der Waals surface area contributed by atoms with Gasteiger partial charge in [-0.2, -0.15) is 11.8 Å². The molecule has 0 radical (unpaired) electrons. The van der Waals surface area contributed by atoms with E-state index in [1.165, 1.54) is 0 Å². The van der Waals surface area contributed by atoms with Gasteiger partial charge in [0.1, 0.15) is 11.7 Å². The molecule has 6 nitrogen and oxygen atoms in total. The summed E-state index contributed by atoms with van der Waals surface area (Å²) >= 11 is 1.59. The first-order valence-electron chi connectivity index (χ1n) is 7.97. The molecule has 1 aromatic heterocycles. The van der Waals surface area contributed by atoms with E-state index < -0.39 is 12.1 Å². The van der Waals surface area contributed by atoms with Gasteiger partial charge in [-0.05, 0) is 54.7 Å². The molecule has 0 saturated carbocycles. The van der Waals surface area contributed by atoms with Crippen LogP contribution in [0.4, 0.5) is 10.5 Å². The summed E-state index contributed by atoms with van der Waals surface area (Å²) in [6, 6.07) is 11.3. The summed E-state index contributed by atoms with van der Waals surface area (Å²) in [4.78, 5) is 27.7. The average Bonchev–Trinajstić information content (AvgIpc) is 2.64. The van der Waals surface area contributed by atoms with Crippen LogP contribution in [0.25, 0.3) is 0 Å². The SMILES string of the molecule is CSCCC(NC(N)=O)C(=O)Nc1cccc(C#Cc2ccccn2)c1. The number of nitrogens with one attached hydrogen (secondary N) is 2. The largest absolute Gasteiger partial charge is 0.352 e. The Bertz CT molecular complexity index is 815. The molecule has 0 spiro atoms. The van der Waals surface area contributed by atoms with E-state index in [0.717, 1.165) is 11.3 Å². The molecule has 1 atom stereocenters. The normalized spacial score (nSPS) is 11.0. The van der Waals surface area contributed by atoms with Crippen LogP contribution in [-0.4, -0.2) is 35.0 Å². The van der Waals surface area contributed by atoms with Crippen LogP contribution in [0.3, 0.4) is 0 Å². The van der Waals surface area contributed by atoms with Gasteiger partial charge in [-0.3, -0.25) is 4.79 Å². The predicted octanol–water partition coefficient (Wildman–Crippen LogP) is 2.21. The van der Waals surface area contributed by atoms with E-state index in [0.29, 0.717) is 17.8 Å². The number of pyridine rings is 1. The Hall–Kier alpha value is -2.98. The van der Waals surface area contributed by atoms with E-state index in [1.54, 1.807) is 36.2 Å². The fourth-order valence-electron chi connectivity index (χ4n) is 2.15. The number of hydrogen-bond acceptors (Lipinski definition) is 4. The highest BCUT2D eigenvalue weighted by Crippen LogP contribution is 2.11. The van der Waals surface area contributed by atoms with Crippen molar-refractivity contribution in [3.63, 3.8) is 0 Å². The van der Waals surface area contributed by atoms with E-state index >= 15 is 0 Å². The van der Waals surface area contributed by atoms with E-state index in [2.05, 4.69) is 27.5 Å². The van der Waals surface area contributed by atoms with Crippen molar-refractivity contribution in [2.75, 3.05) is 17.3 Å². The van der Waals surface area contributed by atoms with Gasteiger partial charge in [0.05, 0.1) is 0 Å². The molecular formula is C19H20N4O2S. The van der Waals surface area contributed by atoms with Crippen molar-refractivity contribution in [1.29, 1.82) is 0 Å². The lowest BCUT2D eigenvalue weighted by Crippen LogP contribution is -2.46. The van der Waals surface area contributed by atoms with Crippen molar-refractivity contribution >= 4 is 29.4 Å². The van der Waals surface area contributed by atoms with E-state index in [1.807, 2.05) is 30.5 Å². The third-order valence-electron chi connectivity index (χ3n) is 3.37. The number of carbonyl (C=O) groups is 2. The number of hydrogen-bond donors (Lipinski definition) is 3. The topological polar surface area (TPSA) is 97.1 Å². The van der Waals surface area contributed by atoms with E-state index in [9.17, 15) is 9.59 Å². The monoisotopic (exact) mass is 368 g/mol. The lowest BCUT2D eigenvalue weighted by atomic mass is 10.1. The van der Waals surface area contributed by atoms with E-state index in [-0.39, 0.29) is 5.91 Å². The first-order valence-corrected chi connectivity index (χ1v) is 9.37. The second kappa shape index (κ2) is 10.1. The molecule has 0 saturated heterocycles. The molecule has 0 fully saturated rings. The number of carbonyl (C=O) groups excluding carboxylic acids is 2. The molecule has 26 heavy (non-hydrogen) atoms. The molecule has 0 aliphatic heterocycles. The van der Waals surface area contributed by atoms with Gasteiger partial charge in [0.15, 0.2) is 0 Å². The minimum Gasteiger partial charge on any atom is -0.352 e. The highest BCUT2D eigenvalue weighted by atomic mass is 32.2.